The second-order valence-corrected chi connectivity index (χ2v) is 4.47. The zero-order valence-electron chi connectivity index (χ0n) is 10.8. The van der Waals surface area contributed by atoms with Gasteiger partial charge in [0.25, 0.3) is 0 Å². The third kappa shape index (κ3) is 2.11. The van der Waals surface area contributed by atoms with Gasteiger partial charge < -0.3 is 5.73 Å². The molecule has 2 N–H and O–H groups in total. The number of nitrogens with two attached hydrogens (primary N) is 1. The minimum Gasteiger partial charge on any atom is -0.399 e. The molecule has 20 heavy (non-hydrogen) atoms. The van der Waals surface area contributed by atoms with Crippen molar-refractivity contribution in [3.05, 3.63) is 53.8 Å². The maximum absolute atomic E-state index is 13.4. The predicted molar refractivity (Wildman–Crippen MR) is 73.7 cm³/mol. The largest absolute Gasteiger partial charge is 0.399 e. The van der Waals surface area contributed by atoms with E-state index in [9.17, 15) is 4.39 Å². The van der Waals surface area contributed by atoms with E-state index in [2.05, 4.69) is 15.5 Å². The number of rotatable bonds is 2. The Labute approximate surface area is 114 Å². The molecule has 0 saturated heterocycles. The highest BCUT2D eigenvalue weighted by atomic mass is 19.1. The van der Waals surface area contributed by atoms with Crippen LogP contribution in [0.4, 0.5) is 10.1 Å². The van der Waals surface area contributed by atoms with E-state index in [1.54, 1.807) is 18.2 Å². The van der Waals surface area contributed by atoms with Gasteiger partial charge in [0.1, 0.15) is 5.82 Å². The van der Waals surface area contributed by atoms with Crippen LogP contribution >= 0.6 is 0 Å². The zero-order valence-corrected chi connectivity index (χ0v) is 10.8. The van der Waals surface area contributed by atoms with Crippen molar-refractivity contribution in [2.75, 3.05) is 5.73 Å². The molecular weight excluding hydrogens is 257 g/mol. The fourth-order valence-electron chi connectivity index (χ4n) is 2.02. The van der Waals surface area contributed by atoms with Crippen LogP contribution in [0.25, 0.3) is 17.1 Å². The molecule has 1 aromatic heterocycles. The van der Waals surface area contributed by atoms with Gasteiger partial charge in [-0.2, -0.15) is 4.68 Å². The van der Waals surface area contributed by atoms with Gasteiger partial charge in [0.15, 0.2) is 5.82 Å². The van der Waals surface area contributed by atoms with Crippen molar-refractivity contribution in [3.63, 3.8) is 0 Å². The molecule has 0 aliphatic carbocycles. The highest BCUT2D eigenvalue weighted by Crippen LogP contribution is 2.23. The van der Waals surface area contributed by atoms with Crippen molar-refractivity contribution in [2.24, 2.45) is 0 Å². The van der Waals surface area contributed by atoms with E-state index in [1.807, 2.05) is 19.1 Å². The summed E-state index contributed by atoms with van der Waals surface area (Å²) in [4.78, 5) is 0. The van der Waals surface area contributed by atoms with Crippen molar-refractivity contribution >= 4 is 5.69 Å². The molecule has 0 amide bonds. The van der Waals surface area contributed by atoms with Gasteiger partial charge in [0.05, 0.1) is 5.69 Å². The Morgan fingerprint density at radius 2 is 2.00 bits per heavy atom. The van der Waals surface area contributed by atoms with Crippen LogP contribution in [0.15, 0.2) is 42.5 Å². The number of halogens is 1. The highest BCUT2D eigenvalue weighted by Gasteiger charge is 2.13. The highest BCUT2D eigenvalue weighted by molar-refractivity contribution is 5.62. The van der Waals surface area contributed by atoms with Crippen LogP contribution in [0.1, 0.15) is 5.56 Å². The van der Waals surface area contributed by atoms with Gasteiger partial charge in [-0.3, -0.25) is 0 Å². The summed E-state index contributed by atoms with van der Waals surface area (Å²) in [7, 11) is 0. The molecule has 6 heteroatoms. The van der Waals surface area contributed by atoms with Crippen LogP contribution in [0.2, 0.25) is 0 Å². The summed E-state index contributed by atoms with van der Waals surface area (Å²) in [5, 5.41) is 11.6. The summed E-state index contributed by atoms with van der Waals surface area (Å²) < 4.78 is 14.9. The summed E-state index contributed by atoms with van der Waals surface area (Å²) >= 11 is 0. The number of anilines is 1. The molecule has 0 aliphatic heterocycles. The molecule has 0 radical (unpaired) electrons. The third-order valence-corrected chi connectivity index (χ3v) is 3.01. The van der Waals surface area contributed by atoms with E-state index < -0.39 is 0 Å². The normalized spacial score (nSPS) is 10.7. The summed E-state index contributed by atoms with van der Waals surface area (Å²) in [6.45, 7) is 1.87. The molecule has 0 fully saturated rings. The first-order valence-corrected chi connectivity index (χ1v) is 6.06. The Balaban J connectivity index is 2.18. The van der Waals surface area contributed by atoms with Crippen LogP contribution in [-0.2, 0) is 0 Å². The van der Waals surface area contributed by atoms with Crippen molar-refractivity contribution in [1.29, 1.82) is 0 Å². The van der Waals surface area contributed by atoms with Crippen molar-refractivity contribution in [3.8, 4) is 17.1 Å². The smallest absolute Gasteiger partial charge is 0.187 e. The Hall–Kier alpha value is -2.76. The van der Waals surface area contributed by atoms with E-state index >= 15 is 0 Å². The fraction of sp³-hybridized carbons (Fsp3) is 0.0714. The van der Waals surface area contributed by atoms with E-state index in [1.165, 1.54) is 16.8 Å². The average Bonchev–Trinajstić information content (AvgIpc) is 2.90. The van der Waals surface area contributed by atoms with E-state index in [4.69, 9.17) is 5.73 Å². The van der Waals surface area contributed by atoms with E-state index in [-0.39, 0.29) is 5.82 Å². The molecule has 3 aromatic rings. The van der Waals surface area contributed by atoms with Gasteiger partial charge in [-0.25, -0.2) is 4.39 Å². The quantitative estimate of drug-likeness (QED) is 0.725. The van der Waals surface area contributed by atoms with E-state index in [0.29, 0.717) is 17.2 Å². The second kappa shape index (κ2) is 4.73. The number of nitrogens with zero attached hydrogens (tertiary/aromatic N) is 4. The Kier molecular flexibility index (Phi) is 2.90. The van der Waals surface area contributed by atoms with Crippen molar-refractivity contribution in [1.82, 2.24) is 20.2 Å². The molecule has 5 nitrogen and oxygen atoms in total. The minimum absolute atomic E-state index is 0.334. The first-order valence-electron chi connectivity index (χ1n) is 6.06. The molecule has 0 spiro atoms. The number of hydrogen-bond donors (Lipinski definition) is 1. The average molecular weight is 269 g/mol. The molecule has 0 bridgehead atoms. The van der Waals surface area contributed by atoms with Gasteiger partial charge in [-0.1, -0.05) is 18.2 Å². The van der Waals surface area contributed by atoms with Crippen LogP contribution in [0, 0.1) is 12.7 Å². The topological polar surface area (TPSA) is 69.6 Å². The maximum Gasteiger partial charge on any atom is 0.187 e. The Bertz CT molecular complexity index is 766. The van der Waals surface area contributed by atoms with Crippen molar-refractivity contribution < 1.29 is 4.39 Å². The van der Waals surface area contributed by atoms with Gasteiger partial charge in [-0.05, 0) is 47.2 Å². The molecule has 3 rings (SSSR count). The number of benzene rings is 2. The van der Waals surface area contributed by atoms with Crippen molar-refractivity contribution in [2.45, 2.75) is 6.92 Å². The Morgan fingerprint density at radius 1 is 1.15 bits per heavy atom. The number of aryl methyl sites for hydroxylation is 1. The van der Waals surface area contributed by atoms with Gasteiger partial charge in [0.2, 0.25) is 0 Å². The van der Waals surface area contributed by atoms with Gasteiger partial charge in [-0.15, -0.1) is 5.10 Å². The summed E-state index contributed by atoms with van der Waals surface area (Å²) in [6.07, 6.45) is 0. The molecule has 0 saturated carbocycles. The zero-order chi connectivity index (χ0) is 14.1. The molecule has 100 valence electrons. The standard InChI is InChI=1S/C14H12FN5/c1-9-5-6-11(15)8-13(9)20-14(17-18-19-20)10-3-2-4-12(16)7-10/h2-8H,16H2,1H3. The van der Waals surface area contributed by atoms with Gasteiger partial charge in [0, 0.05) is 11.3 Å². The molecule has 0 atom stereocenters. The minimum atomic E-state index is -0.334. The third-order valence-electron chi connectivity index (χ3n) is 3.01. The van der Waals surface area contributed by atoms with Gasteiger partial charge >= 0.3 is 0 Å². The predicted octanol–water partition coefficient (Wildman–Crippen LogP) is 2.36. The lowest BCUT2D eigenvalue weighted by Gasteiger charge is -2.08. The number of tetrazole rings is 1. The summed E-state index contributed by atoms with van der Waals surface area (Å²) in [6, 6.07) is 11.7. The summed E-state index contributed by atoms with van der Waals surface area (Å²) in [5.74, 6) is 0.186. The molecule has 2 aromatic carbocycles. The molecule has 1 heterocycles. The number of hydrogen-bond acceptors (Lipinski definition) is 4. The fourth-order valence-corrected chi connectivity index (χ4v) is 2.02. The second-order valence-electron chi connectivity index (χ2n) is 4.47. The van der Waals surface area contributed by atoms with Crippen LogP contribution in [0.3, 0.4) is 0 Å². The first-order chi connectivity index (χ1) is 9.65. The lowest BCUT2D eigenvalue weighted by atomic mass is 10.1. The number of nitrogen functional groups attached to an aromatic ring is 1. The lowest BCUT2D eigenvalue weighted by molar-refractivity contribution is 0.624. The van der Waals surface area contributed by atoms with E-state index in [0.717, 1.165) is 11.1 Å². The van der Waals surface area contributed by atoms with Crippen LogP contribution < -0.4 is 5.73 Å². The molecular formula is C14H12FN5. The van der Waals surface area contributed by atoms with Crippen LogP contribution in [-0.4, -0.2) is 20.2 Å². The monoisotopic (exact) mass is 269 g/mol. The molecule has 0 aliphatic rings. The number of aromatic nitrogens is 4. The Morgan fingerprint density at radius 3 is 2.80 bits per heavy atom. The first kappa shape index (κ1) is 12.3. The summed E-state index contributed by atoms with van der Waals surface area (Å²) in [5.41, 5.74) is 8.65. The lowest BCUT2D eigenvalue weighted by Crippen LogP contribution is -2.03. The molecule has 0 unspecified atom stereocenters. The SMILES string of the molecule is Cc1ccc(F)cc1-n1nnnc1-c1cccc(N)c1. The van der Waals surface area contributed by atoms with Crippen LogP contribution in [0.5, 0.6) is 0 Å². The maximum atomic E-state index is 13.4.